The number of amides is 1. The van der Waals surface area contributed by atoms with Gasteiger partial charge >= 0.3 is 0 Å². The first-order valence-electron chi connectivity index (χ1n) is 11.4. The van der Waals surface area contributed by atoms with Crippen LogP contribution >= 0.6 is 0 Å². The van der Waals surface area contributed by atoms with Crippen molar-refractivity contribution in [1.82, 2.24) is 5.32 Å². The Labute approximate surface area is 207 Å². The lowest BCUT2D eigenvalue weighted by Crippen LogP contribution is -2.42. The van der Waals surface area contributed by atoms with Crippen LogP contribution in [0.25, 0.3) is 0 Å². The number of benzene rings is 3. The van der Waals surface area contributed by atoms with Gasteiger partial charge in [0.05, 0.1) is 30.8 Å². The fraction of sp³-hybridized carbons (Fsp3) is 0.296. The molecule has 0 saturated heterocycles. The molecule has 3 rings (SSSR count). The van der Waals surface area contributed by atoms with Crippen LogP contribution < -0.4 is 19.1 Å². The Balaban J connectivity index is 1.96. The number of carbonyl (C=O) groups is 1. The maximum absolute atomic E-state index is 13.7. The molecule has 3 aromatic carbocycles. The minimum atomic E-state index is -4.05. The summed E-state index contributed by atoms with van der Waals surface area (Å²) in [5.41, 5.74) is 3.02. The van der Waals surface area contributed by atoms with Gasteiger partial charge in [-0.15, -0.1) is 0 Å². The van der Waals surface area contributed by atoms with Gasteiger partial charge in [0.1, 0.15) is 18.0 Å². The van der Waals surface area contributed by atoms with Gasteiger partial charge in [-0.2, -0.15) is 0 Å². The molecule has 0 aliphatic carbocycles. The number of anilines is 1. The summed E-state index contributed by atoms with van der Waals surface area (Å²) >= 11 is 0. The van der Waals surface area contributed by atoms with Gasteiger partial charge in [-0.25, -0.2) is 8.42 Å². The lowest BCUT2D eigenvalue weighted by molar-refractivity contribution is -0.120. The van der Waals surface area contributed by atoms with Crippen LogP contribution in [-0.2, 0) is 14.8 Å². The average molecular weight is 497 g/mol. The van der Waals surface area contributed by atoms with Crippen molar-refractivity contribution in [2.75, 3.05) is 25.1 Å². The third-order valence-electron chi connectivity index (χ3n) is 5.79. The van der Waals surface area contributed by atoms with Crippen molar-refractivity contribution in [2.24, 2.45) is 0 Å². The third-order valence-corrected chi connectivity index (χ3v) is 7.56. The lowest BCUT2D eigenvalue weighted by Gasteiger charge is -2.27. The van der Waals surface area contributed by atoms with Gasteiger partial charge in [-0.1, -0.05) is 43.3 Å². The van der Waals surface area contributed by atoms with Gasteiger partial charge in [0.25, 0.3) is 10.0 Å². The van der Waals surface area contributed by atoms with Crippen molar-refractivity contribution in [1.29, 1.82) is 0 Å². The van der Waals surface area contributed by atoms with Crippen LogP contribution in [0.15, 0.2) is 71.6 Å². The standard InChI is InChI=1S/C27H32N2O5S/c1-6-23(21-13-15-25(33-4)20(3)17-21)28-27(30)18-29(24-16-19(2)12-14-26(24)34-5)35(31,32)22-10-8-7-9-11-22/h7-17,23H,6,18H2,1-5H3,(H,28,30)/t23-/m0/s1. The van der Waals surface area contributed by atoms with E-state index in [0.717, 1.165) is 26.7 Å². The zero-order valence-corrected chi connectivity index (χ0v) is 21.6. The minimum Gasteiger partial charge on any atom is -0.496 e. The number of nitrogens with zero attached hydrogens (tertiary/aromatic N) is 1. The van der Waals surface area contributed by atoms with E-state index in [0.29, 0.717) is 17.9 Å². The quantitative estimate of drug-likeness (QED) is 0.437. The SMILES string of the molecule is CC[C@H](NC(=O)CN(c1cc(C)ccc1OC)S(=O)(=O)c1ccccc1)c1ccc(OC)c(C)c1. The Bertz CT molecular complexity index is 1280. The second kappa shape index (κ2) is 11.3. The second-order valence-corrected chi connectivity index (χ2v) is 10.1. The van der Waals surface area contributed by atoms with Crippen LogP contribution in [0, 0.1) is 13.8 Å². The molecule has 8 heteroatoms. The van der Waals surface area contributed by atoms with E-state index < -0.39 is 22.5 Å². The molecule has 3 aromatic rings. The summed E-state index contributed by atoms with van der Waals surface area (Å²) < 4.78 is 39.2. The monoisotopic (exact) mass is 496 g/mol. The Morgan fingerprint density at radius 2 is 1.60 bits per heavy atom. The first-order valence-corrected chi connectivity index (χ1v) is 12.8. The van der Waals surface area contributed by atoms with E-state index >= 15 is 0 Å². The van der Waals surface area contributed by atoms with Gasteiger partial charge in [0.15, 0.2) is 0 Å². The second-order valence-electron chi connectivity index (χ2n) is 8.26. The molecule has 7 nitrogen and oxygen atoms in total. The molecule has 0 aliphatic rings. The van der Waals surface area contributed by atoms with E-state index in [2.05, 4.69) is 5.32 Å². The molecule has 0 fully saturated rings. The van der Waals surface area contributed by atoms with E-state index in [1.165, 1.54) is 19.2 Å². The zero-order valence-electron chi connectivity index (χ0n) is 20.7. The summed E-state index contributed by atoms with van der Waals surface area (Å²) in [7, 11) is -0.959. The number of rotatable bonds is 10. The molecular formula is C27H32N2O5S. The van der Waals surface area contributed by atoms with Gasteiger partial charge in [0, 0.05) is 0 Å². The number of aryl methyl sites for hydroxylation is 2. The predicted octanol–water partition coefficient (Wildman–Crippen LogP) is 4.78. The highest BCUT2D eigenvalue weighted by atomic mass is 32.2. The van der Waals surface area contributed by atoms with Crippen LogP contribution in [0.2, 0.25) is 0 Å². The molecule has 186 valence electrons. The molecule has 1 atom stereocenters. The van der Waals surface area contributed by atoms with Crippen molar-refractivity contribution >= 4 is 21.6 Å². The van der Waals surface area contributed by atoms with Crippen molar-refractivity contribution in [3.8, 4) is 11.5 Å². The number of sulfonamides is 1. The number of ether oxygens (including phenoxy) is 2. The summed E-state index contributed by atoms with van der Waals surface area (Å²) in [5.74, 6) is 0.704. The van der Waals surface area contributed by atoms with Crippen molar-refractivity contribution < 1.29 is 22.7 Å². The van der Waals surface area contributed by atoms with E-state index in [9.17, 15) is 13.2 Å². The van der Waals surface area contributed by atoms with Gasteiger partial charge < -0.3 is 14.8 Å². The van der Waals surface area contributed by atoms with Crippen LogP contribution in [0.1, 0.15) is 36.1 Å². The maximum Gasteiger partial charge on any atom is 0.264 e. The van der Waals surface area contributed by atoms with Gasteiger partial charge in [0.2, 0.25) is 5.91 Å². The highest BCUT2D eigenvalue weighted by molar-refractivity contribution is 7.92. The summed E-state index contributed by atoms with van der Waals surface area (Å²) in [4.78, 5) is 13.3. The fourth-order valence-electron chi connectivity index (χ4n) is 3.92. The highest BCUT2D eigenvalue weighted by Crippen LogP contribution is 2.33. The van der Waals surface area contributed by atoms with Crippen LogP contribution in [-0.4, -0.2) is 35.1 Å². The largest absolute Gasteiger partial charge is 0.496 e. The number of hydrogen-bond acceptors (Lipinski definition) is 5. The minimum absolute atomic E-state index is 0.0918. The zero-order chi connectivity index (χ0) is 25.6. The lowest BCUT2D eigenvalue weighted by atomic mass is 10.0. The average Bonchev–Trinajstić information content (AvgIpc) is 2.86. The number of carbonyl (C=O) groups excluding carboxylic acids is 1. The predicted molar refractivity (Wildman–Crippen MR) is 138 cm³/mol. The van der Waals surface area contributed by atoms with E-state index in [1.54, 1.807) is 37.4 Å². The Kier molecular flexibility index (Phi) is 8.40. The fourth-order valence-corrected chi connectivity index (χ4v) is 5.37. The molecule has 0 bridgehead atoms. The summed E-state index contributed by atoms with van der Waals surface area (Å²) in [5, 5.41) is 3.00. The highest BCUT2D eigenvalue weighted by Gasteiger charge is 2.30. The number of nitrogens with one attached hydrogen (secondary N) is 1. The molecule has 0 unspecified atom stereocenters. The molecule has 0 spiro atoms. The maximum atomic E-state index is 13.7. The van der Waals surface area contributed by atoms with Crippen molar-refractivity contribution in [3.63, 3.8) is 0 Å². The normalized spacial score (nSPS) is 12.0. The molecule has 35 heavy (non-hydrogen) atoms. The van der Waals surface area contributed by atoms with Gasteiger partial charge in [-0.3, -0.25) is 9.10 Å². The van der Waals surface area contributed by atoms with Crippen LogP contribution in [0.5, 0.6) is 11.5 Å². The molecule has 0 saturated carbocycles. The third kappa shape index (κ3) is 5.95. The summed E-state index contributed by atoms with van der Waals surface area (Å²) in [6.07, 6.45) is 0.636. The first kappa shape index (κ1) is 26.1. The molecule has 1 amide bonds. The Morgan fingerprint density at radius 3 is 2.20 bits per heavy atom. The van der Waals surface area contributed by atoms with E-state index in [-0.39, 0.29) is 10.9 Å². The molecule has 0 aliphatic heterocycles. The summed E-state index contributed by atoms with van der Waals surface area (Å²) in [6.45, 7) is 5.36. The number of hydrogen-bond donors (Lipinski definition) is 1. The van der Waals surface area contributed by atoms with Crippen LogP contribution in [0.3, 0.4) is 0 Å². The molecule has 1 N–H and O–H groups in total. The Morgan fingerprint density at radius 1 is 0.943 bits per heavy atom. The molecule has 0 aromatic heterocycles. The van der Waals surface area contributed by atoms with E-state index in [4.69, 9.17) is 9.47 Å². The molecule has 0 radical (unpaired) electrons. The Hall–Kier alpha value is -3.52. The topological polar surface area (TPSA) is 84.9 Å². The van der Waals surface area contributed by atoms with Crippen molar-refractivity contribution in [3.05, 3.63) is 83.4 Å². The summed E-state index contributed by atoms with van der Waals surface area (Å²) in [6, 6.07) is 18.8. The van der Waals surface area contributed by atoms with E-state index in [1.807, 2.05) is 45.0 Å². The van der Waals surface area contributed by atoms with Crippen LogP contribution in [0.4, 0.5) is 5.69 Å². The number of methoxy groups -OCH3 is 2. The molecular weight excluding hydrogens is 464 g/mol. The van der Waals surface area contributed by atoms with Gasteiger partial charge in [-0.05, 0) is 67.3 Å². The van der Waals surface area contributed by atoms with Crippen molar-refractivity contribution in [2.45, 2.75) is 38.1 Å². The smallest absolute Gasteiger partial charge is 0.264 e. The first-order chi connectivity index (χ1) is 16.7. The molecule has 0 heterocycles.